The number of aliphatic hydroxyl groups excluding tert-OH is 1. The highest BCUT2D eigenvalue weighted by Crippen LogP contribution is 2.28. The van der Waals surface area contributed by atoms with Crippen molar-refractivity contribution >= 4 is 17.3 Å². The van der Waals surface area contributed by atoms with Crippen molar-refractivity contribution in [1.29, 1.82) is 0 Å². The molecule has 0 aliphatic carbocycles. The highest BCUT2D eigenvalue weighted by atomic mass is 35.5. The zero-order valence-electron chi connectivity index (χ0n) is 11.1. The Kier molecular flexibility index (Phi) is 4.12. The van der Waals surface area contributed by atoms with Crippen molar-refractivity contribution in [2.45, 2.75) is 25.9 Å². The van der Waals surface area contributed by atoms with Crippen LogP contribution in [0, 0.1) is 0 Å². The summed E-state index contributed by atoms with van der Waals surface area (Å²) in [5, 5.41) is 15.3. The Morgan fingerprint density at radius 1 is 1.42 bits per heavy atom. The largest absolute Gasteiger partial charge is 0.398 e. The number of hydrogen-bond donors (Lipinski definition) is 2. The molecule has 19 heavy (non-hydrogen) atoms. The molecule has 3 N–H and O–H groups in total. The maximum Gasteiger partial charge on any atom is 0.0865 e. The number of halogens is 1. The van der Waals surface area contributed by atoms with Gasteiger partial charge >= 0.3 is 0 Å². The number of aliphatic hydroxyl groups is 1. The van der Waals surface area contributed by atoms with Crippen LogP contribution in [-0.4, -0.2) is 14.9 Å². The maximum absolute atomic E-state index is 10.3. The number of aryl methyl sites for hydroxylation is 2. The first kappa shape index (κ1) is 13.9. The van der Waals surface area contributed by atoms with Crippen LogP contribution in [-0.2, 0) is 19.9 Å². The highest BCUT2D eigenvalue weighted by molar-refractivity contribution is 6.31. The third-order valence-electron chi connectivity index (χ3n) is 3.24. The number of nitrogen functional groups attached to an aromatic ring is 1. The summed E-state index contributed by atoms with van der Waals surface area (Å²) in [4.78, 5) is 0. The van der Waals surface area contributed by atoms with E-state index < -0.39 is 6.10 Å². The Hall–Kier alpha value is -1.52. The Morgan fingerprint density at radius 3 is 2.68 bits per heavy atom. The number of hydrogen-bond acceptors (Lipinski definition) is 3. The van der Waals surface area contributed by atoms with Crippen molar-refractivity contribution in [1.82, 2.24) is 9.78 Å². The lowest BCUT2D eigenvalue weighted by Crippen LogP contribution is -2.08. The molecule has 2 aromatic rings. The molecule has 2 rings (SSSR count). The minimum Gasteiger partial charge on any atom is -0.398 e. The molecule has 102 valence electrons. The lowest BCUT2D eigenvalue weighted by Gasteiger charge is -2.13. The van der Waals surface area contributed by atoms with E-state index in [9.17, 15) is 5.11 Å². The van der Waals surface area contributed by atoms with Crippen molar-refractivity contribution < 1.29 is 5.11 Å². The van der Waals surface area contributed by atoms with E-state index >= 15 is 0 Å². The van der Waals surface area contributed by atoms with Crippen molar-refractivity contribution in [2.24, 2.45) is 7.05 Å². The van der Waals surface area contributed by atoms with Crippen LogP contribution in [0.25, 0.3) is 0 Å². The van der Waals surface area contributed by atoms with E-state index in [0.29, 0.717) is 17.1 Å². The molecule has 0 saturated carbocycles. The normalized spacial score (nSPS) is 12.6. The molecule has 1 unspecified atom stereocenters. The van der Waals surface area contributed by atoms with E-state index in [4.69, 9.17) is 17.3 Å². The summed E-state index contributed by atoms with van der Waals surface area (Å²) >= 11 is 6.28. The fourth-order valence-electron chi connectivity index (χ4n) is 2.15. The first-order chi connectivity index (χ1) is 9.04. The molecule has 5 heteroatoms. The molecule has 0 saturated heterocycles. The maximum atomic E-state index is 10.3. The smallest absolute Gasteiger partial charge is 0.0865 e. The third kappa shape index (κ3) is 2.74. The van der Waals surface area contributed by atoms with Crippen LogP contribution in [0.5, 0.6) is 0 Å². The van der Waals surface area contributed by atoms with E-state index in [0.717, 1.165) is 23.4 Å². The quantitative estimate of drug-likeness (QED) is 0.845. The number of nitrogens with zero attached hydrogens (tertiary/aromatic N) is 2. The fourth-order valence-corrected chi connectivity index (χ4v) is 2.52. The van der Waals surface area contributed by atoms with Crippen LogP contribution in [0.1, 0.15) is 30.0 Å². The Morgan fingerprint density at radius 2 is 2.11 bits per heavy atom. The Bertz CT molecular complexity index is 580. The number of nitrogens with two attached hydrogens (primary N) is 1. The summed E-state index contributed by atoms with van der Waals surface area (Å²) in [6.45, 7) is 2.00. The van der Waals surface area contributed by atoms with E-state index in [1.54, 1.807) is 10.7 Å². The van der Waals surface area contributed by atoms with Gasteiger partial charge in [0.15, 0.2) is 0 Å². The van der Waals surface area contributed by atoms with Crippen molar-refractivity contribution in [3.63, 3.8) is 0 Å². The van der Waals surface area contributed by atoms with Gasteiger partial charge in [-0.3, -0.25) is 4.68 Å². The van der Waals surface area contributed by atoms with E-state index in [2.05, 4.69) is 5.10 Å². The van der Waals surface area contributed by atoms with Gasteiger partial charge in [0, 0.05) is 24.7 Å². The van der Waals surface area contributed by atoms with Crippen molar-refractivity contribution in [2.75, 3.05) is 5.73 Å². The Labute approximate surface area is 117 Å². The summed E-state index contributed by atoms with van der Waals surface area (Å²) in [6, 6.07) is 7.31. The number of rotatable bonds is 4. The summed E-state index contributed by atoms with van der Waals surface area (Å²) in [5.41, 5.74) is 8.86. The van der Waals surface area contributed by atoms with Crippen LogP contribution >= 0.6 is 11.6 Å². The predicted octanol–water partition coefficient (Wildman–Crippen LogP) is 2.49. The van der Waals surface area contributed by atoms with Crippen molar-refractivity contribution in [3.8, 4) is 0 Å². The van der Waals surface area contributed by atoms with E-state index in [1.165, 1.54) is 0 Å². The monoisotopic (exact) mass is 279 g/mol. The molecule has 0 bridgehead atoms. The summed E-state index contributed by atoms with van der Waals surface area (Å²) in [6.07, 6.45) is 0.492. The number of aromatic nitrogens is 2. The topological polar surface area (TPSA) is 64.1 Å². The first-order valence-corrected chi connectivity index (χ1v) is 6.65. The second-order valence-electron chi connectivity index (χ2n) is 4.53. The second kappa shape index (κ2) is 5.63. The van der Waals surface area contributed by atoms with Gasteiger partial charge in [-0.25, -0.2) is 0 Å². The molecule has 0 fully saturated rings. The van der Waals surface area contributed by atoms with Gasteiger partial charge in [0.05, 0.1) is 22.5 Å². The fraction of sp³-hybridized carbons (Fsp3) is 0.357. The molecule has 1 atom stereocenters. The van der Waals surface area contributed by atoms with E-state index in [1.807, 2.05) is 32.2 Å². The molecule has 1 aromatic heterocycles. The van der Waals surface area contributed by atoms with Gasteiger partial charge in [-0.1, -0.05) is 36.7 Å². The summed E-state index contributed by atoms with van der Waals surface area (Å²) in [7, 11) is 1.83. The van der Waals surface area contributed by atoms with Crippen LogP contribution in [0.15, 0.2) is 24.3 Å². The third-order valence-corrected chi connectivity index (χ3v) is 3.68. The van der Waals surface area contributed by atoms with Crippen LogP contribution in [0.2, 0.25) is 5.02 Å². The molecule has 0 amide bonds. The van der Waals surface area contributed by atoms with Gasteiger partial charge in [0.1, 0.15) is 0 Å². The molecule has 1 heterocycles. The zero-order valence-corrected chi connectivity index (χ0v) is 11.9. The average Bonchev–Trinajstić information content (AvgIpc) is 2.66. The van der Waals surface area contributed by atoms with Gasteiger partial charge in [-0.15, -0.1) is 0 Å². The molecule has 0 aliphatic heterocycles. The predicted molar refractivity (Wildman–Crippen MR) is 77.1 cm³/mol. The average molecular weight is 280 g/mol. The standard InChI is InChI=1S/C14H18ClN3O/c1-3-11-14(15)12(18(2)17-11)8-13(19)9-6-4-5-7-10(9)16/h4-7,13,19H,3,8,16H2,1-2H3. The van der Waals surface area contributed by atoms with E-state index in [-0.39, 0.29) is 0 Å². The molecule has 0 radical (unpaired) electrons. The zero-order chi connectivity index (χ0) is 14.0. The number of benzene rings is 1. The second-order valence-corrected chi connectivity index (χ2v) is 4.91. The summed E-state index contributed by atoms with van der Waals surface area (Å²) < 4.78 is 1.73. The van der Waals surface area contributed by atoms with Gasteiger partial charge in [-0.05, 0) is 12.5 Å². The van der Waals surface area contributed by atoms with Crippen LogP contribution in [0.3, 0.4) is 0 Å². The molecule has 0 spiro atoms. The van der Waals surface area contributed by atoms with Gasteiger partial charge < -0.3 is 10.8 Å². The van der Waals surface area contributed by atoms with Crippen LogP contribution in [0.4, 0.5) is 5.69 Å². The Balaban J connectivity index is 2.27. The lowest BCUT2D eigenvalue weighted by molar-refractivity contribution is 0.176. The van der Waals surface area contributed by atoms with Gasteiger partial charge in [-0.2, -0.15) is 5.10 Å². The van der Waals surface area contributed by atoms with Crippen LogP contribution < -0.4 is 5.73 Å². The van der Waals surface area contributed by atoms with Crippen molar-refractivity contribution in [3.05, 3.63) is 46.2 Å². The number of anilines is 1. The molecular formula is C14H18ClN3O. The minimum absolute atomic E-state index is 0.399. The first-order valence-electron chi connectivity index (χ1n) is 6.27. The lowest BCUT2D eigenvalue weighted by atomic mass is 10.0. The SMILES string of the molecule is CCc1nn(C)c(CC(O)c2ccccc2N)c1Cl. The number of para-hydroxylation sites is 1. The highest BCUT2D eigenvalue weighted by Gasteiger charge is 2.18. The molecule has 0 aliphatic rings. The van der Waals surface area contributed by atoms with Gasteiger partial charge in [0.2, 0.25) is 0 Å². The molecular weight excluding hydrogens is 262 g/mol. The minimum atomic E-state index is -0.682. The molecule has 1 aromatic carbocycles. The van der Waals surface area contributed by atoms with Gasteiger partial charge in [0.25, 0.3) is 0 Å². The summed E-state index contributed by atoms with van der Waals surface area (Å²) in [5.74, 6) is 0. The molecule has 4 nitrogen and oxygen atoms in total.